The average molecular weight is 623 g/mol. The number of aliphatic hydroxyl groups is 2. The van der Waals surface area contributed by atoms with E-state index in [1.165, 1.54) is 14.2 Å². The maximum absolute atomic E-state index is 15.1. The number of amides is 1. The van der Waals surface area contributed by atoms with Crippen molar-refractivity contribution in [3.8, 4) is 17.6 Å². The highest BCUT2D eigenvalue weighted by atomic mass is 32.1. The van der Waals surface area contributed by atoms with Gasteiger partial charge in [0.1, 0.15) is 11.9 Å². The molecule has 8 nitrogen and oxygen atoms in total. The number of benzene rings is 2. The van der Waals surface area contributed by atoms with Crippen LogP contribution in [0.25, 0.3) is 10.1 Å². The van der Waals surface area contributed by atoms with Crippen LogP contribution in [0.2, 0.25) is 0 Å². The van der Waals surface area contributed by atoms with Gasteiger partial charge in [0.05, 0.1) is 59.8 Å². The summed E-state index contributed by atoms with van der Waals surface area (Å²) in [6, 6.07) is 9.26. The molecule has 0 radical (unpaired) electrons. The first-order chi connectivity index (χ1) is 20.5. The number of fused-ring (bicyclic) bond motifs is 1. The summed E-state index contributed by atoms with van der Waals surface area (Å²) in [5.41, 5.74) is 1.59. The number of alkyl halides is 4. The van der Waals surface area contributed by atoms with Crippen molar-refractivity contribution in [1.29, 1.82) is 0 Å². The number of carbonyl (C=O) groups is 1. The second-order valence-electron chi connectivity index (χ2n) is 10.2. The van der Waals surface area contributed by atoms with Crippen LogP contribution in [-0.2, 0) is 6.42 Å². The number of rotatable bonds is 10. The number of piperidine rings is 1. The first-order valence-electron chi connectivity index (χ1n) is 13.7. The van der Waals surface area contributed by atoms with E-state index in [9.17, 15) is 23.1 Å². The predicted molar refractivity (Wildman–Crippen MR) is 160 cm³/mol. The van der Waals surface area contributed by atoms with Crippen molar-refractivity contribution >= 4 is 38.7 Å². The van der Waals surface area contributed by atoms with Gasteiger partial charge in [-0.05, 0) is 41.6 Å². The van der Waals surface area contributed by atoms with Crippen LogP contribution in [0.15, 0.2) is 36.4 Å². The Morgan fingerprint density at radius 3 is 2.72 bits per heavy atom. The van der Waals surface area contributed by atoms with Crippen LogP contribution in [0.5, 0.6) is 5.75 Å². The van der Waals surface area contributed by atoms with Crippen molar-refractivity contribution in [1.82, 2.24) is 10.2 Å². The Labute approximate surface area is 251 Å². The lowest BCUT2D eigenvalue weighted by Gasteiger charge is -2.36. The highest BCUT2D eigenvalue weighted by molar-refractivity contribution is 7.20. The summed E-state index contributed by atoms with van der Waals surface area (Å²) < 4.78 is 61.8. The highest BCUT2D eigenvalue weighted by Gasteiger charge is 2.33. The third kappa shape index (κ3) is 8.29. The fourth-order valence-electron chi connectivity index (χ4n) is 5.00. The van der Waals surface area contributed by atoms with Crippen LogP contribution in [0.4, 0.5) is 28.9 Å². The summed E-state index contributed by atoms with van der Waals surface area (Å²) in [6.07, 6.45) is -7.42. The van der Waals surface area contributed by atoms with Gasteiger partial charge in [0, 0.05) is 32.2 Å². The lowest BCUT2D eigenvalue weighted by atomic mass is 10.0. The standard InChI is InChI=1S/C30H34F4N4O4S/c1-35-29(41)18-8-9-24(26(13-18)42-2)36-11-4-7-27-21(14-30(32,33)34)20-5-3-6-25(28(20)43-27)37-23-10-12-38(16-22(23)31)15-19(40)17-39/h3,5-6,8-9,13,19,22-23,36-37,39-40H,10-12,14-17H2,1-2H3,(H,35,41). The van der Waals surface area contributed by atoms with Crippen molar-refractivity contribution in [3.63, 3.8) is 0 Å². The summed E-state index contributed by atoms with van der Waals surface area (Å²) >= 11 is 1.13. The zero-order chi connectivity index (χ0) is 31.1. The molecule has 13 heteroatoms. The molecule has 0 bridgehead atoms. The van der Waals surface area contributed by atoms with Gasteiger partial charge in [0.2, 0.25) is 0 Å². The van der Waals surface area contributed by atoms with E-state index in [0.717, 1.165) is 11.3 Å². The van der Waals surface area contributed by atoms with Gasteiger partial charge >= 0.3 is 6.18 Å². The molecule has 1 saturated heterocycles. The second kappa shape index (κ2) is 14.3. The van der Waals surface area contributed by atoms with Crippen LogP contribution >= 0.6 is 11.3 Å². The molecule has 3 unspecified atom stereocenters. The molecule has 1 amide bonds. The number of aliphatic hydroxyl groups excluding tert-OH is 2. The number of hydrogen-bond donors (Lipinski definition) is 5. The number of likely N-dealkylation sites (tertiary alicyclic amines) is 1. The molecule has 1 aromatic heterocycles. The summed E-state index contributed by atoms with van der Waals surface area (Å²) in [6.45, 7) is 0.427. The Balaban J connectivity index is 1.55. The number of nitrogens with zero attached hydrogens (tertiary/aromatic N) is 1. The molecule has 1 aliphatic heterocycles. The summed E-state index contributed by atoms with van der Waals surface area (Å²) in [5, 5.41) is 28.0. The minimum atomic E-state index is -4.46. The molecule has 4 rings (SSSR count). The normalized spacial score (nSPS) is 18.0. The number of carbonyl (C=O) groups excluding carboxylic acids is 1. The maximum Gasteiger partial charge on any atom is 0.393 e. The van der Waals surface area contributed by atoms with E-state index in [1.54, 1.807) is 41.3 Å². The third-order valence-electron chi connectivity index (χ3n) is 7.10. The fraction of sp³-hybridized carbons (Fsp3) is 0.433. The van der Waals surface area contributed by atoms with Crippen LogP contribution in [-0.4, -0.2) is 92.5 Å². The first-order valence-corrected chi connectivity index (χ1v) is 14.5. The third-order valence-corrected chi connectivity index (χ3v) is 8.30. The van der Waals surface area contributed by atoms with Gasteiger partial charge in [-0.25, -0.2) is 4.39 Å². The highest BCUT2D eigenvalue weighted by Crippen LogP contribution is 2.39. The molecule has 0 spiro atoms. The van der Waals surface area contributed by atoms with E-state index in [1.807, 2.05) is 0 Å². The molecule has 3 aromatic rings. The molecule has 1 fully saturated rings. The fourth-order valence-corrected chi connectivity index (χ4v) is 6.17. The predicted octanol–water partition coefficient (Wildman–Crippen LogP) is 4.02. The Morgan fingerprint density at radius 1 is 1.26 bits per heavy atom. The minimum absolute atomic E-state index is 0.0670. The summed E-state index contributed by atoms with van der Waals surface area (Å²) in [5.74, 6) is 5.93. The average Bonchev–Trinajstić information content (AvgIpc) is 3.32. The van der Waals surface area contributed by atoms with Crippen LogP contribution < -0.4 is 20.7 Å². The minimum Gasteiger partial charge on any atom is -0.495 e. The quantitative estimate of drug-likeness (QED) is 0.172. The van der Waals surface area contributed by atoms with Crippen molar-refractivity contribution in [2.45, 2.75) is 37.3 Å². The van der Waals surface area contributed by atoms with Crippen molar-refractivity contribution in [2.24, 2.45) is 0 Å². The molecule has 0 aliphatic carbocycles. The number of thiophene rings is 1. The van der Waals surface area contributed by atoms with Gasteiger partial charge in [0.15, 0.2) is 0 Å². The maximum atomic E-state index is 15.1. The number of halogens is 4. The number of anilines is 2. The number of β-amino-alcohol motifs (C(OH)–C–C–N with tert-alkyl or cyclic N) is 1. The van der Waals surface area contributed by atoms with E-state index in [2.05, 4.69) is 27.8 Å². The number of methoxy groups -OCH3 is 1. The molecule has 0 saturated carbocycles. The molecular formula is C30H34F4N4O4S. The lowest BCUT2D eigenvalue weighted by Crippen LogP contribution is -2.50. The topological polar surface area (TPSA) is 106 Å². The molecule has 1 aliphatic rings. The number of hydrogen-bond acceptors (Lipinski definition) is 8. The zero-order valence-corrected chi connectivity index (χ0v) is 24.5. The van der Waals surface area contributed by atoms with Gasteiger partial charge in [-0.1, -0.05) is 24.0 Å². The smallest absolute Gasteiger partial charge is 0.393 e. The van der Waals surface area contributed by atoms with Crippen LogP contribution in [0.1, 0.15) is 27.2 Å². The molecule has 43 heavy (non-hydrogen) atoms. The van der Waals surface area contributed by atoms with E-state index < -0.39 is 37.5 Å². The first kappa shape index (κ1) is 32.3. The van der Waals surface area contributed by atoms with E-state index in [4.69, 9.17) is 9.84 Å². The molecule has 2 heterocycles. The molecule has 5 N–H and O–H groups in total. The van der Waals surface area contributed by atoms with E-state index in [0.29, 0.717) is 45.7 Å². The SMILES string of the molecule is CNC(=O)c1ccc(NCC#Cc2sc3c(NC4CCN(CC(O)CO)CC4F)cccc3c2CC(F)(F)F)c(OC)c1. The van der Waals surface area contributed by atoms with Crippen molar-refractivity contribution in [3.05, 3.63) is 52.4 Å². The van der Waals surface area contributed by atoms with Gasteiger partial charge in [0.25, 0.3) is 5.91 Å². The van der Waals surface area contributed by atoms with Gasteiger partial charge in [-0.2, -0.15) is 13.2 Å². The van der Waals surface area contributed by atoms with Gasteiger partial charge in [-0.3, -0.25) is 9.69 Å². The van der Waals surface area contributed by atoms with Crippen LogP contribution in [0, 0.1) is 11.8 Å². The van der Waals surface area contributed by atoms with E-state index in [-0.39, 0.29) is 36.0 Å². The molecule has 2 aromatic carbocycles. The summed E-state index contributed by atoms with van der Waals surface area (Å²) in [7, 11) is 2.98. The molecular weight excluding hydrogens is 588 g/mol. The van der Waals surface area contributed by atoms with E-state index >= 15 is 4.39 Å². The second-order valence-corrected chi connectivity index (χ2v) is 11.2. The number of ether oxygens (including phenoxy) is 1. The number of nitrogens with one attached hydrogen (secondary N) is 3. The Hall–Kier alpha value is -3.57. The summed E-state index contributed by atoms with van der Waals surface area (Å²) in [4.78, 5) is 13.9. The van der Waals surface area contributed by atoms with Gasteiger partial charge < -0.3 is 30.9 Å². The Kier molecular flexibility index (Phi) is 10.7. The van der Waals surface area contributed by atoms with Crippen molar-refractivity contribution in [2.75, 3.05) is 57.6 Å². The Morgan fingerprint density at radius 2 is 2.05 bits per heavy atom. The molecule has 3 atom stereocenters. The molecule has 232 valence electrons. The lowest BCUT2D eigenvalue weighted by molar-refractivity contribution is -0.126. The monoisotopic (exact) mass is 622 g/mol. The Bertz CT molecular complexity index is 1490. The van der Waals surface area contributed by atoms with Gasteiger partial charge in [-0.15, -0.1) is 11.3 Å². The van der Waals surface area contributed by atoms with Crippen molar-refractivity contribution < 1.29 is 37.3 Å². The largest absolute Gasteiger partial charge is 0.495 e. The zero-order valence-electron chi connectivity index (χ0n) is 23.7. The van der Waals surface area contributed by atoms with Crippen LogP contribution in [0.3, 0.4) is 0 Å².